The normalized spacial score (nSPS) is 12.0. The predicted octanol–water partition coefficient (Wildman–Crippen LogP) is 5.79. The Labute approximate surface area is 299 Å². The van der Waals surface area contributed by atoms with Crippen LogP contribution in [0, 0.1) is 6.92 Å². The van der Waals surface area contributed by atoms with E-state index in [0.29, 0.717) is 56.3 Å². The first-order valence-electron chi connectivity index (χ1n) is 17.1. The number of aliphatic hydroxyl groups is 1. The molecule has 0 radical (unpaired) electrons. The van der Waals surface area contributed by atoms with Crippen LogP contribution in [0.5, 0.6) is 0 Å². The molecule has 5 aromatic rings. The number of hydrogen-bond donors (Lipinski definition) is 3. The van der Waals surface area contributed by atoms with Crippen LogP contribution in [0.4, 0.5) is 0 Å². The monoisotopic (exact) mass is 687 g/mol. The van der Waals surface area contributed by atoms with E-state index in [4.69, 9.17) is 24.9 Å². The number of amides is 1. The van der Waals surface area contributed by atoms with E-state index in [2.05, 4.69) is 30.4 Å². The fraction of sp³-hybridized carbons (Fsp3) is 0.262. The number of nitrogens with zero attached hydrogens (tertiary/aromatic N) is 1. The van der Waals surface area contributed by atoms with Gasteiger partial charge < -0.3 is 30.4 Å². The van der Waals surface area contributed by atoms with Gasteiger partial charge in [0.1, 0.15) is 0 Å². The summed E-state index contributed by atoms with van der Waals surface area (Å²) < 4.78 is 16.6. The quantitative estimate of drug-likeness (QED) is 0.0877. The largest absolute Gasteiger partial charge is 0.379 e. The van der Waals surface area contributed by atoms with Crippen molar-refractivity contribution >= 4 is 11.7 Å². The average molecular weight is 688 g/mol. The fourth-order valence-corrected chi connectivity index (χ4v) is 5.95. The lowest BCUT2D eigenvalue weighted by Gasteiger charge is -2.32. The summed E-state index contributed by atoms with van der Waals surface area (Å²) in [7, 11) is 0. The number of carbonyl (C=O) groups excluding carboxylic acids is 2. The topological polar surface area (TPSA) is 133 Å². The molecule has 0 aliphatic rings. The molecule has 0 saturated carbocycles. The van der Waals surface area contributed by atoms with E-state index in [1.54, 1.807) is 30.5 Å². The van der Waals surface area contributed by atoms with Crippen LogP contribution >= 0.6 is 0 Å². The molecule has 0 bridgehead atoms. The zero-order chi connectivity index (χ0) is 35.9. The number of benzene rings is 4. The zero-order valence-electron chi connectivity index (χ0n) is 28.9. The molecule has 0 aliphatic heterocycles. The Bertz CT molecular complexity index is 1780. The summed E-state index contributed by atoms with van der Waals surface area (Å²) >= 11 is 0. The molecule has 1 heterocycles. The highest BCUT2D eigenvalue weighted by molar-refractivity contribution is 5.96. The van der Waals surface area contributed by atoms with Gasteiger partial charge in [0.25, 0.3) is 0 Å². The fourth-order valence-electron chi connectivity index (χ4n) is 5.95. The number of nitrogens with one attached hydrogen (secondary N) is 1. The van der Waals surface area contributed by atoms with Crippen molar-refractivity contribution in [2.45, 2.75) is 25.0 Å². The number of aromatic nitrogens is 1. The SMILES string of the molecule is Cc1c(-c2ccccc2)cccc1-c1ccc(C(NCCOCCOCCOCCC(N)=O)C(=O)C(O)(c2ccccc2)c2ccccc2)cn1. The van der Waals surface area contributed by atoms with Gasteiger partial charge in [-0.25, -0.2) is 0 Å². The maximum atomic E-state index is 14.7. The Hall–Kier alpha value is -5.03. The van der Waals surface area contributed by atoms with Crippen LogP contribution in [-0.2, 0) is 29.4 Å². The van der Waals surface area contributed by atoms with Crippen LogP contribution in [0.15, 0.2) is 128 Å². The number of carbonyl (C=O) groups is 2. The molecule has 4 N–H and O–H groups in total. The third-order valence-corrected chi connectivity index (χ3v) is 8.65. The van der Waals surface area contributed by atoms with Crippen LogP contribution in [0.1, 0.15) is 34.7 Å². The summed E-state index contributed by atoms with van der Waals surface area (Å²) in [5.74, 6) is -0.837. The van der Waals surface area contributed by atoms with Gasteiger partial charge in [0.05, 0.1) is 51.4 Å². The maximum absolute atomic E-state index is 14.7. The zero-order valence-corrected chi connectivity index (χ0v) is 28.9. The summed E-state index contributed by atoms with van der Waals surface area (Å²) in [6, 6.07) is 37.3. The minimum atomic E-state index is -1.94. The third-order valence-electron chi connectivity index (χ3n) is 8.65. The Morgan fingerprint density at radius 1 is 0.706 bits per heavy atom. The van der Waals surface area contributed by atoms with Crippen LogP contribution in [0.3, 0.4) is 0 Å². The molecule has 1 amide bonds. The predicted molar refractivity (Wildman–Crippen MR) is 198 cm³/mol. The maximum Gasteiger partial charge on any atom is 0.219 e. The van der Waals surface area contributed by atoms with Gasteiger partial charge in [-0.15, -0.1) is 0 Å². The van der Waals surface area contributed by atoms with E-state index >= 15 is 0 Å². The van der Waals surface area contributed by atoms with Crippen molar-refractivity contribution in [3.63, 3.8) is 0 Å². The molecule has 0 spiro atoms. The second-order valence-corrected chi connectivity index (χ2v) is 12.1. The molecule has 9 heteroatoms. The summed E-state index contributed by atoms with van der Waals surface area (Å²) in [6.45, 7) is 4.41. The van der Waals surface area contributed by atoms with Gasteiger partial charge >= 0.3 is 0 Å². The molecule has 1 unspecified atom stereocenters. The number of nitrogens with two attached hydrogens (primary N) is 1. The highest BCUT2D eigenvalue weighted by Crippen LogP contribution is 2.36. The number of ketones is 1. The average Bonchev–Trinajstić information content (AvgIpc) is 3.17. The van der Waals surface area contributed by atoms with E-state index in [-0.39, 0.29) is 13.0 Å². The number of Topliss-reactive ketones (excluding diaryl/α,β-unsaturated/α-hetero) is 1. The summed E-state index contributed by atoms with van der Waals surface area (Å²) in [4.78, 5) is 30.3. The van der Waals surface area contributed by atoms with E-state index in [1.165, 1.54) is 0 Å². The second-order valence-electron chi connectivity index (χ2n) is 12.1. The van der Waals surface area contributed by atoms with Crippen LogP contribution in [-0.4, -0.2) is 68.0 Å². The van der Waals surface area contributed by atoms with E-state index in [1.807, 2.05) is 78.9 Å². The number of hydrogen-bond acceptors (Lipinski definition) is 8. The molecule has 5 rings (SSSR count). The molecule has 0 fully saturated rings. The van der Waals surface area contributed by atoms with Gasteiger partial charge in [-0.1, -0.05) is 115 Å². The van der Waals surface area contributed by atoms with Gasteiger partial charge in [-0.3, -0.25) is 14.6 Å². The van der Waals surface area contributed by atoms with E-state index < -0.39 is 23.3 Å². The van der Waals surface area contributed by atoms with Crippen molar-refractivity contribution < 1.29 is 28.9 Å². The number of rotatable bonds is 20. The first kappa shape index (κ1) is 37.2. The third kappa shape index (κ3) is 9.82. The summed E-state index contributed by atoms with van der Waals surface area (Å²) in [6.07, 6.45) is 1.88. The minimum absolute atomic E-state index is 0.177. The molecule has 0 saturated heterocycles. The molecule has 1 aromatic heterocycles. The minimum Gasteiger partial charge on any atom is -0.379 e. The number of ether oxygens (including phenoxy) is 3. The molecule has 9 nitrogen and oxygen atoms in total. The van der Waals surface area contributed by atoms with Crippen LogP contribution < -0.4 is 11.1 Å². The van der Waals surface area contributed by atoms with Gasteiger partial charge in [-0.2, -0.15) is 0 Å². The van der Waals surface area contributed by atoms with Gasteiger partial charge in [0, 0.05) is 24.7 Å². The van der Waals surface area contributed by atoms with Crippen molar-refractivity contribution in [2.75, 3.05) is 46.2 Å². The van der Waals surface area contributed by atoms with Crippen molar-refractivity contribution in [1.29, 1.82) is 0 Å². The molecule has 264 valence electrons. The molecule has 4 aromatic carbocycles. The van der Waals surface area contributed by atoms with Gasteiger partial charge in [0.2, 0.25) is 5.91 Å². The molecular weight excluding hydrogens is 642 g/mol. The first-order chi connectivity index (χ1) is 24.9. The smallest absolute Gasteiger partial charge is 0.219 e. The Morgan fingerprint density at radius 2 is 1.25 bits per heavy atom. The second kappa shape index (κ2) is 18.8. The lowest BCUT2D eigenvalue weighted by atomic mass is 9.79. The van der Waals surface area contributed by atoms with Crippen molar-refractivity contribution in [1.82, 2.24) is 10.3 Å². The Balaban J connectivity index is 1.33. The standard InChI is InChI=1S/C42H45N3O6/c1-31-36(32-12-5-2-6-13-32)18-11-19-37(31)38-21-20-33(30-45-38)40(44-23-25-50-27-29-51-28-26-49-24-22-39(43)46)41(47)42(48,34-14-7-3-8-15-34)35-16-9-4-10-17-35/h2-21,30,40,44,48H,22-29H2,1H3,(H2,43,46). The molecule has 0 aliphatic carbocycles. The lowest BCUT2D eigenvalue weighted by molar-refractivity contribution is -0.137. The number of pyridine rings is 1. The van der Waals surface area contributed by atoms with E-state index in [9.17, 15) is 14.7 Å². The highest BCUT2D eigenvalue weighted by atomic mass is 16.5. The van der Waals surface area contributed by atoms with Gasteiger partial charge in [0.15, 0.2) is 11.4 Å². The van der Waals surface area contributed by atoms with Crippen molar-refractivity contribution in [3.05, 3.63) is 150 Å². The van der Waals surface area contributed by atoms with Crippen LogP contribution in [0.25, 0.3) is 22.4 Å². The molecular formula is C42H45N3O6. The Morgan fingerprint density at radius 3 is 1.82 bits per heavy atom. The van der Waals surface area contributed by atoms with Crippen molar-refractivity contribution in [3.8, 4) is 22.4 Å². The summed E-state index contributed by atoms with van der Waals surface area (Å²) in [5.41, 5.74) is 9.86. The molecule has 51 heavy (non-hydrogen) atoms. The van der Waals surface area contributed by atoms with Crippen LogP contribution in [0.2, 0.25) is 0 Å². The van der Waals surface area contributed by atoms with Gasteiger partial charge in [-0.05, 0) is 46.4 Å². The Kier molecular flexibility index (Phi) is 13.7. The van der Waals surface area contributed by atoms with E-state index in [0.717, 1.165) is 27.9 Å². The lowest BCUT2D eigenvalue weighted by Crippen LogP contribution is -2.45. The number of primary amides is 1. The van der Waals surface area contributed by atoms with Crippen molar-refractivity contribution in [2.24, 2.45) is 5.73 Å². The molecule has 1 atom stereocenters. The highest BCUT2D eigenvalue weighted by Gasteiger charge is 2.43. The first-order valence-corrected chi connectivity index (χ1v) is 17.1. The summed E-state index contributed by atoms with van der Waals surface area (Å²) in [5, 5.41) is 15.7.